The Hall–Kier alpha value is -2.58. The molecular weight excluding hydrogens is 434 g/mol. The number of nitrogens with one attached hydrogen (secondary N) is 2. The third-order valence-electron chi connectivity index (χ3n) is 6.22. The highest BCUT2D eigenvalue weighted by Crippen LogP contribution is 2.46. The molecule has 2 heterocycles. The van der Waals surface area contributed by atoms with Crippen LogP contribution in [0, 0.1) is 5.92 Å². The molecule has 1 amide bonds. The van der Waals surface area contributed by atoms with Gasteiger partial charge < -0.3 is 24.8 Å². The Morgan fingerprint density at radius 1 is 1.34 bits per heavy atom. The molecule has 1 aliphatic heterocycles. The predicted molar refractivity (Wildman–Crippen MR) is 120 cm³/mol. The van der Waals surface area contributed by atoms with Gasteiger partial charge >= 0.3 is 5.97 Å². The molecule has 0 radical (unpaired) electrons. The van der Waals surface area contributed by atoms with E-state index >= 15 is 0 Å². The number of hydrogen-bond acceptors (Lipinski definition) is 7. The van der Waals surface area contributed by atoms with Gasteiger partial charge in [0.1, 0.15) is 17.4 Å². The molecule has 1 saturated heterocycles. The van der Waals surface area contributed by atoms with E-state index in [-0.39, 0.29) is 23.9 Å². The molecular formula is C23H28ClN3O5. The lowest BCUT2D eigenvalue weighted by atomic mass is 10.1. The molecule has 2 N–H and O–H groups in total. The van der Waals surface area contributed by atoms with Crippen LogP contribution in [0.15, 0.2) is 24.3 Å². The quantitative estimate of drug-likeness (QED) is 0.583. The summed E-state index contributed by atoms with van der Waals surface area (Å²) in [7, 11) is 1.35. The summed E-state index contributed by atoms with van der Waals surface area (Å²) >= 11 is 6.33. The fourth-order valence-electron chi connectivity index (χ4n) is 4.42. The van der Waals surface area contributed by atoms with Crippen LogP contribution in [0.2, 0.25) is 5.02 Å². The normalized spacial score (nSPS) is 26.6. The summed E-state index contributed by atoms with van der Waals surface area (Å²) in [6, 6.07) is 6.80. The second-order valence-electron chi connectivity index (χ2n) is 8.23. The van der Waals surface area contributed by atoms with Crippen LogP contribution in [0.1, 0.15) is 33.1 Å². The van der Waals surface area contributed by atoms with Crippen LogP contribution in [0.25, 0.3) is 10.9 Å². The van der Waals surface area contributed by atoms with E-state index < -0.39 is 11.6 Å². The minimum Gasteiger partial charge on any atom is -0.488 e. The number of amides is 1. The van der Waals surface area contributed by atoms with E-state index in [2.05, 4.69) is 15.6 Å². The van der Waals surface area contributed by atoms with Gasteiger partial charge in [0.2, 0.25) is 11.8 Å². The molecule has 2 aromatic rings. The number of nitrogens with zero attached hydrogens (tertiary/aromatic N) is 1. The van der Waals surface area contributed by atoms with E-state index in [9.17, 15) is 9.59 Å². The molecule has 2 fully saturated rings. The molecule has 0 bridgehead atoms. The van der Waals surface area contributed by atoms with Gasteiger partial charge in [-0.25, -0.2) is 9.78 Å². The van der Waals surface area contributed by atoms with Crippen molar-refractivity contribution in [2.45, 2.75) is 50.8 Å². The molecule has 1 aliphatic carbocycles. The maximum absolute atomic E-state index is 12.9. The largest absolute Gasteiger partial charge is 0.488 e. The first-order valence-electron chi connectivity index (χ1n) is 10.9. The summed E-state index contributed by atoms with van der Waals surface area (Å²) in [5.74, 6) is 0.551. The van der Waals surface area contributed by atoms with E-state index in [1.165, 1.54) is 7.11 Å². The summed E-state index contributed by atoms with van der Waals surface area (Å²) in [5, 5.41) is 7.43. The van der Waals surface area contributed by atoms with Crippen LogP contribution in [-0.4, -0.2) is 54.8 Å². The zero-order chi connectivity index (χ0) is 22.9. The summed E-state index contributed by atoms with van der Waals surface area (Å²) in [4.78, 5) is 29.6. The third kappa shape index (κ3) is 4.21. The molecule has 1 aromatic carbocycles. The van der Waals surface area contributed by atoms with Gasteiger partial charge in [-0.3, -0.25) is 4.79 Å². The van der Waals surface area contributed by atoms with Crippen LogP contribution in [0.3, 0.4) is 0 Å². The van der Waals surface area contributed by atoms with Crippen molar-refractivity contribution in [3.05, 3.63) is 29.3 Å². The smallest absolute Gasteiger partial charge is 0.331 e. The van der Waals surface area contributed by atoms with Crippen molar-refractivity contribution in [1.29, 1.82) is 0 Å². The summed E-state index contributed by atoms with van der Waals surface area (Å²) in [6.45, 7) is 4.85. The average molecular weight is 462 g/mol. The van der Waals surface area contributed by atoms with Crippen LogP contribution in [0.5, 0.6) is 11.6 Å². The zero-order valence-corrected chi connectivity index (χ0v) is 19.2. The maximum Gasteiger partial charge on any atom is 0.331 e. The van der Waals surface area contributed by atoms with E-state index in [0.717, 1.165) is 11.8 Å². The molecule has 4 rings (SSSR count). The lowest BCUT2D eigenvalue weighted by molar-refractivity contribution is -0.147. The minimum atomic E-state index is -0.897. The number of carbonyl (C=O) groups excluding carboxylic acids is 2. The number of rotatable bonds is 8. The number of aromatic nitrogens is 1. The summed E-state index contributed by atoms with van der Waals surface area (Å²) < 4.78 is 16.8. The number of para-hydroxylation sites is 1. The van der Waals surface area contributed by atoms with Gasteiger partial charge in [0.05, 0.1) is 30.3 Å². The Bertz CT molecular complexity index is 1030. The molecule has 32 heavy (non-hydrogen) atoms. The van der Waals surface area contributed by atoms with Crippen molar-refractivity contribution in [2.24, 2.45) is 5.92 Å². The second-order valence-corrected chi connectivity index (χ2v) is 8.63. The van der Waals surface area contributed by atoms with Gasteiger partial charge in [0.15, 0.2) is 0 Å². The molecule has 8 nitrogen and oxygen atoms in total. The van der Waals surface area contributed by atoms with Crippen LogP contribution >= 0.6 is 11.6 Å². The van der Waals surface area contributed by atoms with Crippen molar-refractivity contribution in [3.8, 4) is 11.6 Å². The number of carbonyl (C=O) groups is 2. The summed E-state index contributed by atoms with van der Waals surface area (Å²) in [5.41, 5.74) is -0.291. The van der Waals surface area contributed by atoms with Gasteiger partial charge in [-0.15, -0.1) is 0 Å². The van der Waals surface area contributed by atoms with E-state index in [1.807, 2.05) is 26.0 Å². The fourth-order valence-corrected chi connectivity index (χ4v) is 4.63. The first-order chi connectivity index (χ1) is 15.4. The van der Waals surface area contributed by atoms with E-state index in [1.54, 1.807) is 12.1 Å². The number of pyridine rings is 1. The Kier molecular flexibility index (Phi) is 6.44. The highest BCUT2D eigenvalue weighted by Gasteiger charge is 2.61. The number of halogens is 1. The molecule has 2 aliphatic rings. The lowest BCUT2D eigenvalue weighted by Crippen LogP contribution is -2.51. The molecule has 0 spiro atoms. The van der Waals surface area contributed by atoms with Gasteiger partial charge in [-0.1, -0.05) is 31.0 Å². The predicted octanol–water partition coefficient (Wildman–Crippen LogP) is 2.85. The van der Waals surface area contributed by atoms with Crippen LogP contribution < -0.4 is 20.1 Å². The van der Waals surface area contributed by atoms with Gasteiger partial charge in [-0.05, 0) is 31.4 Å². The van der Waals surface area contributed by atoms with Crippen molar-refractivity contribution >= 4 is 34.4 Å². The number of hydrogen-bond donors (Lipinski definition) is 2. The molecule has 4 atom stereocenters. The zero-order valence-electron chi connectivity index (χ0n) is 18.4. The second kappa shape index (κ2) is 9.11. The molecule has 172 valence electrons. The number of fused-ring (bicyclic) bond motifs is 1. The Balaban J connectivity index is 1.47. The molecule has 1 aromatic heterocycles. The minimum absolute atomic E-state index is 0.109. The van der Waals surface area contributed by atoms with Crippen molar-refractivity contribution in [2.75, 3.05) is 20.3 Å². The fraction of sp³-hybridized carbons (Fsp3) is 0.522. The average Bonchev–Trinajstić information content (AvgIpc) is 3.30. The van der Waals surface area contributed by atoms with Gasteiger partial charge in [-0.2, -0.15) is 0 Å². The van der Waals surface area contributed by atoms with E-state index in [4.69, 9.17) is 25.8 Å². The number of ether oxygens (including phenoxy) is 3. The SMILES string of the molecule is CCOc1cc(OC2CNC(C(=O)NC3(C(=O)OC)CC3CC)C2)c2cccc(Cl)c2n1. The standard InChI is InChI=1S/C23H28ClN3O5/c1-4-13-11-23(13,22(29)30-3)27-21(28)17-9-14(12-25-17)32-18-10-19(31-5-2)26-20-15(18)7-6-8-16(20)24/h6-8,10,13-14,17,25H,4-5,9,11-12H2,1-3H3,(H,27,28). The Labute approximate surface area is 191 Å². The monoisotopic (exact) mass is 461 g/mol. The Morgan fingerprint density at radius 3 is 2.84 bits per heavy atom. The van der Waals surface area contributed by atoms with Crippen molar-refractivity contribution in [3.63, 3.8) is 0 Å². The lowest BCUT2D eigenvalue weighted by Gasteiger charge is -2.20. The topological polar surface area (TPSA) is 98.8 Å². The molecule has 9 heteroatoms. The molecule has 1 saturated carbocycles. The molecule has 4 unspecified atom stereocenters. The maximum atomic E-state index is 12.9. The van der Waals surface area contributed by atoms with Crippen molar-refractivity contribution < 1.29 is 23.8 Å². The van der Waals surface area contributed by atoms with E-state index in [0.29, 0.717) is 48.2 Å². The Morgan fingerprint density at radius 2 is 2.16 bits per heavy atom. The first-order valence-corrected chi connectivity index (χ1v) is 11.3. The third-order valence-corrected chi connectivity index (χ3v) is 6.52. The van der Waals surface area contributed by atoms with Gasteiger partial charge in [0, 0.05) is 24.4 Å². The van der Waals surface area contributed by atoms with Crippen molar-refractivity contribution in [1.82, 2.24) is 15.6 Å². The number of methoxy groups -OCH3 is 1. The number of esters is 1. The van der Waals surface area contributed by atoms with Crippen LogP contribution in [-0.2, 0) is 14.3 Å². The van der Waals surface area contributed by atoms with Gasteiger partial charge in [0.25, 0.3) is 0 Å². The number of benzene rings is 1. The highest BCUT2D eigenvalue weighted by atomic mass is 35.5. The highest BCUT2D eigenvalue weighted by molar-refractivity contribution is 6.35. The van der Waals surface area contributed by atoms with Crippen LogP contribution in [0.4, 0.5) is 0 Å². The first kappa shape index (κ1) is 22.6. The summed E-state index contributed by atoms with van der Waals surface area (Å²) in [6.07, 6.45) is 1.64.